The van der Waals surface area contributed by atoms with E-state index in [2.05, 4.69) is 132 Å². The van der Waals surface area contributed by atoms with Crippen LogP contribution in [0.3, 0.4) is 0 Å². The molecule has 41 heavy (non-hydrogen) atoms. The summed E-state index contributed by atoms with van der Waals surface area (Å²) in [7, 11) is -4.86. The predicted octanol–water partition coefficient (Wildman–Crippen LogP) is 12.1. The van der Waals surface area contributed by atoms with Gasteiger partial charge in [-0.25, -0.2) is 0 Å². The van der Waals surface area contributed by atoms with Crippen LogP contribution < -0.4 is 0 Å². The molecular formula is C36H73OSi4. The molecule has 5 fully saturated rings. The highest BCUT2D eigenvalue weighted by Crippen LogP contribution is 2.84. The van der Waals surface area contributed by atoms with E-state index in [9.17, 15) is 0 Å². The molecule has 0 amide bonds. The number of rotatable bonds is 4. The van der Waals surface area contributed by atoms with Crippen LogP contribution >= 0.6 is 0 Å². The second-order valence-corrected chi connectivity index (χ2v) is 53.7. The van der Waals surface area contributed by atoms with Gasteiger partial charge in [-0.2, -0.15) is 0 Å². The summed E-state index contributed by atoms with van der Waals surface area (Å²) in [6.45, 7) is 48.7. The lowest BCUT2D eigenvalue weighted by Crippen LogP contribution is -2.78. The highest BCUT2D eigenvalue weighted by atomic mass is 29.9. The van der Waals surface area contributed by atoms with E-state index in [4.69, 9.17) is 4.43 Å². The van der Waals surface area contributed by atoms with Crippen LogP contribution in [0, 0.1) is 23.2 Å². The summed E-state index contributed by atoms with van der Waals surface area (Å²) < 4.78 is 7.88. The van der Waals surface area contributed by atoms with Gasteiger partial charge in [0.15, 0.2) is 7.35 Å². The molecule has 0 unspecified atom stereocenters. The van der Waals surface area contributed by atoms with Gasteiger partial charge in [0, 0.05) is 7.11 Å². The van der Waals surface area contributed by atoms with Crippen molar-refractivity contribution < 1.29 is 4.43 Å². The Bertz CT molecular complexity index is 896. The van der Waals surface area contributed by atoms with Gasteiger partial charge in [-0.05, 0) is 97.1 Å². The molecule has 1 heterocycles. The standard InChI is InChI=1S/C36H73OSi4/c1-30(2,3)40(31(4,5)6,32(7,8)9)38-29(36-23-26-20-27(24-36)22-28(21-26)25-36)39(38,37-19)41(33(10,11)12,34(13,14)15)35(16,17)18/h26-29H,20-25H2,1-19H3/t26?,27?,28?,29-,36?,39+/m0/s1. The second kappa shape index (κ2) is 9.44. The molecule has 2 atom stereocenters. The molecule has 1 aliphatic heterocycles. The molecule has 0 aromatic rings. The average molecular weight is 634 g/mol. The summed E-state index contributed by atoms with van der Waals surface area (Å²) >= 11 is 0. The van der Waals surface area contributed by atoms with Crippen molar-refractivity contribution in [1.29, 1.82) is 0 Å². The summed E-state index contributed by atoms with van der Waals surface area (Å²) in [5.74, 6) is 3.04. The van der Waals surface area contributed by atoms with E-state index in [-0.39, 0.29) is 0 Å². The zero-order valence-corrected chi connectivity index (χ0v) is 35.5. The first-order valence-electron chi connectivity index (χ1n) is 17.5. The van der Waals surface area contributed by atoms with Gasteiger partial charge in [0.05, 0.1) is 23.0 Å². The minimum Gasteiger partial charge on any atom is -0.426 e. The van der Waals surface area contributed by atoms with Gasteiger partial charge in [-0.1, -0.05) is 125 Å². The minimum absolute atomic E-state index is 0.298. The predicted molar refractivity (Wildman–Crippen MR) is 193 cm³/mol. The summed E-state index contributed by atoms with van der Waals surface area (Å²) in [5.41, 5.74) is 0.589. The highest BCUT2D eigenvalue weighted by Gasteiger charge is 2.94. The van der Waals surface area contributed by atoms with Gasteiger partial charge in [0.25, 0.3) is 0 Å². The van der Waals surface area contributed by atoms with Crippen molar-refractivity contribution >= 4 is 30.4 Å². The first-order chi connectivity index (χ1) is 18.0. The maximum absolute atomic E-state index is 7.88. The van der Waals surface area contributed by atoms with Crippen LogP contribution in [0.15, 0.2) is 0 Å². The van der Waals surface area contributed by atoms with Crippen LogP contribution in [-0.4, -0.2) is 37.5 Å². The van der Waals surface area contributed by atoms with Crippen molar-refractivity contribution in [1.82, 2.24) is 0 Å². The zero-order chi connectivity index (χ0) is 31.8. The fourth-order valence-electron chi connectivity index (χ4n) is 16.5. The molecule has 4 saturated carbocycles. The lowest BCUT2D eigenvalue weighted by Gasteiger charge is -2.66. The van der Waals surface area contributed by atoms with Crippen LogP contribution in [-0.2, 0) is 4.43 Å². The minimum atomic E-state index is -2.22. The molecule has 0 spiro atoms. The number of hydrogen-bond donors (Lipinski definition) is 0. The summed E-state index contributed by atoms with van der Waals surface area (Å²) in [5, 5.41) is 2.89. The topological polar surface area (TPSA) is 9.23 Å². The van der Waals surface area contributed by atoms with Crippen LogP contribution in [0.1, 0.15) is 163 Å². The Balaban J connectivity index is 2.21. The van der Waals surface area contributed by atoms with Crippen molar-refractivity contribution in [2.45, 2.75) is 199 Å². The van der Waals surface area contributed by atoms with Gasteiger partial charge in [0.2, 0.25) is 0 Å². The smallest absolute Gasteiger partial charge is 0.166 e. The van der Waals surface area contributed by atoms with E-state index in [1.165, 1.54) is 0 Å². The Morgan fingerprint density at radius 3 is 1.05 bits per heavy atom. The van der Waals surface area contributed by atoms with Crippen molar-refractivity contribution in [3.05, 3.63) is 0 Å². The van der Waals surface area contributed by atoms with Gasteiger partial charge in [-0.15, -0.1) is 0 Å². The van der Waals surface area contributed by atoms with Crippen molar-refractivity contribution in [3.8, 4) is 0 Å². The third-order valence-corrected chi connectivity index (χ3v) is 76.6. The van der Waals surface area contributed by atoms with Gasteiger partial charge < -0.3 is 4.43 Å². The highest BCUT2D eigenvalue weighted by molar-refractivity contribution is 7.90. The van der Waals surface area contributed by atoms with E-state index < -0.39 is 30.4 Å². The molecule has 4 aliphatic carbocycles. The van der Waals surface area contributed by atoms with Gasteiger partial charge in [-0.3, -0.25) is 0 Å². The van der Waals surface area contributed by atoms with Crippen molar-refractivity contribution in [3.63, 3.8) is 0 Å². The monoisotopic (exact) mass is 633 g/mol. The Hall–Kier alpha value is 0.828. The van der Waals surface area contributed by atoms with E-state index in [0.717, 1.165) is 22.9 Å². The molecule has 4 bridgehead atoms. The Kier molecular flexibility index (Phi) is 7.99. The molecule has 1 radical (unpaired) electrons. The van der Waals surface area contributed by atoms with Gasteiger partial charge >= 0.3 is 0 Å². The maximum Gasteiger partial charge on any atom is 0.166 e. The fourth-order valence-corrected chi connectivity index (χ4v) is 125. The normalized spacial score (nSPS) is 35.8. The maximum atomic E-state index is 7.88. The summed E-state index contributed by atoms with van der Waals surface area (Å²) in [6.07, 6.45) is 9.33. The van der Waals surface area contributed by atoms with Crippen LogP contribution in [0.2, 0.25) is 35.4 Å². The van der Waals surface area contributed by atoms with Crippen molar-refractivity contribution in [2.75, 3.05) is 7.11 Å². The van der Waals surface area contributed by atoms with E-state index in [1.807, 2.05) is 0 Å². The average Bonchev–Trinajstić information content (AvgIpc) is 3.30. The van der Waals surface area contributed by atoms with E-state index in [0.29, 0.717) is 35.6 Å². The molecule has 1 nitrogen and oxygen atoms in total. The molecule has 5 rings (SSSR count). The molecule has 5 heteroatoms. The first kappa shape index (κ1) is 34.7. The summed E-state index contributed by atoms with van der Waals surface area (Å²) in [4.78, 5) is 0. The number of hydrogen-bond acceptors (Lipinski definition) is 1. The molecule has 1 saturated heterocycles. The molecule has 239 valence electrons. The summed E-state index contributed by atoms with van der Waals surface area (Å²) in [6, 6.07) is 0. The molecule has 0 N–H and O–H groups in total. The van der Waals surface area contributed by atoms with Crippen LogP contribution in [0.4, 0.5) is 0 Å². The molecule has 0 aromatic carbocycles. The molecule has 5 aliphatic rings. The lowest BCUT2D eigenvalue weighted by molar-refractivity contribution is -0.0458. The lowest BCUT2D eigenvalue weighted by atomic mass is 9.50. The first-order valence-corrected chi connectivity index (χ1v) is 28.0. The fraction of sp³-hybridized carbons (Fsp3) is 1.00. The third-order valence-electron chi connectivity index (χ3n) is 13.7. The Labute approximate surface area is 262 Å². The second-order valence-electron chi connectivity index (χ2n) is 22.1. The van der Waals surface area contributed by atoms with Crippen LogP contribution in [0.5, 0.6) is 0 Å². The SMILES string of the molecule is CO[Si@]1([Si](C(C)(C)C)(C(C)(C)C)C(C)(C)C)[C@@H](C23CC4CC(CC(C4)C2)C3)[Si]1[Si](C(C)(C)C)(C(C)(C)C)C(C)(C)C. The quantitative estimate of drug-likeness (QED) is 0.280. The van der Waals surface area contributed by atoms with E-state index in [1.54, 1.807) is 38.5 Å². The Morgan fingerprint density at radius 2 is 0.829 bits per heavy atom. The van der Waals surface area contributed by atoms with Crippen LogP contribution in [0.25, 0.3) is 0 Å². The van der Waals surface area contributed by atoms with Gasteiger partial charge in [0.1, 0.15) is 0 Å². The molecule has 0 aromatic heterocycles. The van der Waals surface area contributed by atoms with E-state index >= 15 is 0 Å². The van der Waals surface area contributed by atoms with Crippen molar-refractivity contribution in [2.24, 2.45) is 23.2 Å². The molecular weight excluding hydrogens is 561 g/mol. The largest absolute Gasteiger partial charge is 0.426 e. The third kappa shape index (κ3) is 4.29. The Morgan fingerprint density at radius 1 is 0.537 bits per heavy atom. The zero-order valence-electron chi connectivity index (χ0n) is 31.5.